The third kappa shape index (κ3) is 2.79. The van der Waals surface area contributed by atoms with E-state index in [1.54, 1.807) is 0 Å². The van der Waals surface area contributed by atoms with Crippen LogP contribution >= 0.6 is 0 Å². The SMILES string of the molecule is Cc1ccc(CNC(=O)C2CCNC2)cn1. The normalized spacial score (nSPS) is 19.7. The maximum absolute atomic E-state index is 11.7. The van der Waals surface area contributed by atoms with Crippen molar-refractivity contribution in [1.29, 1.82) is 0 Å². The van der Waals surface area contributed by atoms with Crippen LogP contribution in [0.4, 0.5) is 0 Å². The molecule has 2 N–H and O–H groups in total. The Labute approximate surface area is 95.5 Å². The van der Waals surface area contributed by atoms with E-state index in [4.69, 9.17) is 0 Å². The van der Waals surface area contributed by atoms with Crippen molar-refractivity contribution >= 4 is 5.91 Å². The Balaban J connectivity index is 1.82. The third-order valence-electron chi connectivity index (χ3n) is 2.87. The predicted octanol–water partition coefficient (Wildman–Crippen LogP) is 0.616. The van der Waals surface area contributed by atoms with Crippen LogP contribution in [0.5, 0.6) is 0 Å². The Morgan fingerprint density at radius 2 is 2.50 bits per heavy atom. The highest BCUT2D eigenvalue weighted by atomic mass is 16.1. The number of pyridine rings is 1. The maximum Gasteiger partial charge on any atom is 0.224 e. The summed E-state index contributed by atoms with van der Waals surface area (Å²) < 4.78 is 0. The fraction of sp³-hybridized carbons (Fsp3) is 0.500. The van der Waals surface area contributed by atoms with Crippen LogP contribution in [0.1, 0.15) is 17.7 Å². The third-order valence-corrected chi connectivity index (χ3v) is 2.87. The predicted molar refractivity (Wildman–Crippen MR) is 61.8 cm³/mol. The van der Waals surface area contributed by atoms with E-state index in [1.807, 2.05) is 25.3 Å². The molecule has 1 aromatic rings. The number of nitrogens with one attached hydrogen (secondary N) is 2. The lowest BCUT2D eigenvalue weighted by Gasteiger charge is -2.09. The Kier molecular flexibility index (Phi) is 3.51. The van der Waals surface area contributed by atoms with Crippen LogP contribution in [0.2, 0.25) is 0 Å². The largest absolute Gasteiger partial charge is 0.352 e. The first-order chi connectivity index (χ1) is 7.75. The molecule has 1 amide bonds. The molecule has 1 saturated heterocycles. The number of hydrogen-bond donors (Lipinski definition) is 2. The molecule has 2 heterocycles. The molecule has 2 rings (SSSR count). The second kappa shape index (κ2) is 5.07. The van der Waals surface area contributed by atoms with E-state index in [0.717, 1.165) is 30.8 Å². The molecule has 0 spiro atoms. The molecule has 1 aromatic heterocycles. The van der Waals surface area contributed by atoms with Gasteiger partial charge in [0.25, 0.3) is 0 Å². The summed E-state index contributed by atoms with van der Waals surface area (Å²) in [7, 11) is 0. The number of carbonyl (C=O) groups excluding carboxylic acids is 1. The summed E-state index contributed by atoms with van der Waals surface area (Å²) in [5, 5.41) is 6.13. The van der Waals surface area contributed by atoms with Crippen LogP contribution in [0.15, 0.2) is 18.3 Å². The zero-order valence-corrected chi connectivity index (χ0v) is 9.49. The molecule has 1 aliphatic rings. The molecule has 0 bridgehead atoms. The molecular formula is C12H17N3O. The quantitative estimate of drug-likeness (QED) is 0.783. The first-order valence-electron chi connectivity index (χ1n) is 5.65. The number of carbonyl (C=O) groups is 1. The second-order valence-corrected chi connectivity index (χ2v) is 4.22. The molecular weight excluding hydrogens is 202 g/mol. The van der Waals surface area contributed by atoms with Crippen LogP contribution in [-0.2, 0) is 11.3 Å². The van der Waals surface area contributed by atoms with E-state index in [9.17, 15) is 4.79 Å². The summed E-state index contributed by atoms with van der Waals surface area (Å²) in [6, 6.07) is 3.95. The highest BCUT2D eigenvalue weighted by Gasteiger charge is 2.21. The molecule has 1 aliphatic heterocycles. The Morgan fingerprint density at radius 1 is 1.62 bits per heavy atom. The van der Waals surface area contributed by atoms with Gasteiger partial charge in [-0.15, -0.1) is 0 Å². The standard InChI is InChI=1S/C12H17N3O/c1-9-2-3-10(6-14-9)7-15-12(16)11-4-5-13-8-11/h2-3,6,11,13H,4-5,7-8H2,1H3,(H,15,16). The van der Waals surface area contributed by atoms with Crippen LogP contribution in [0, 0.1) is 12.8 Å². The Hall–Kier alpha value is -1.42. The van der Waals surface area contributed by atoms with Crippen molar-refractivity contribution in [2.75, 3.05) is 13.1 Å². The minimum Gasteiger partial charge on any atom is -0.352 e. The van der Waals surface area contributed by atoms with E-state index in [0.29, 0.717) is 6.54 Å². The number of hydrogen-bond acceptors (Lipinski definition) is 3. The van der Waals surface area contributed by atoms with Gasteiger partial charge < -0.3 is 10.6 Å². The smallest absolute Gasteiger partial charge is 0.224 e. The van der Waals surface area contributed by atoms with Gasteiger partial charge in [0, 0.05) is 25.0 Å². The van der Waals surface area contributed by atoms with Crippen molar-refractivity contribution in [1.82, 2.24) is 15.6 Å². The lowest BCUT2D eigenvalue weighted by Crippen LogP contribution is -2.31. The molecule has 4 heteroatoms. The zero-order valence-electron chi connectivity index (χ0n) is 9.49. The zero-order chi connectivity index (χ0) is 11.4. The van der Waals surface area contributed by atoms with Gasteiger partial charge in [0.15, 0.2) is 0 Å². The summed E-state index contributed by atoms with van der Waals surface area (Å²) in [4.78, 5) is 15.9. The van der Waals surface area contributed by atoms with Gasteiger partial charge in [-0.1, -0.05) is 6.07 Å². The fourth-order valence-electron chi connectivity index (χ4n) is 1.81. The van der Waals surface area contributed by atoms with E-state index in [1.165, 1.54) is 0 Å². The van der Waals surface area contributed by atoms with E-state index >= 15 is 0 Å². The van der Waals surface area contributed by atoms with Crippen LogP contribution in [0.3, 0.4) is 0 Å². The van der Waals surface area contributed by atoms with Gasteiger partial charge in [-0.3, -0.25) is 9.78 Å². The van der Waals surface area contributed by atoms with Crippen molar-refractivity contribution in [2.24, 2.45) is 5.92 Å². The molecule has 1 unspecified atom stereocenters. The molecule has 0 aliphatic carbocycles. The van der Waals surface area contributed by atoms with Crippen LogP contribution in [0.25, 0.3) is 0 Å². The fourth-order valence-corrected chi connectivity index (χ4v) is 1.81. The summed E-state index contributed by atoms with van der Waals surface area (Å²) in [5.41, 5.74) is 2.04. The van der Waals surface area contributed by atoms with E-state index < -0.39 is 0 Å². The Bertz CT molecular complexity index is 355. The van der Waals surface area contributed by atoms with Gasteiger partial charge in [0.2, 0.25) is 5.91 Å². The molecule has 0 radical (unpaired) electrons. The number of nitrogens with zero attached hydrogens (tertiary/aromatic N) is 1. The lowest BCUT2D eigenvalue weighted by molar-refractivity contribution is -0.124. The maximum atomic E-state index is 11.7. The molecule has 16 heavy (non-hydrogen) atoms. The van der Waals surface area contributed by atoms with Crippen molar-refractivity contribution in [3.05, 3.63) is 29.6 Å². The highest BCUT2D eigenvalue weighted by Crippen LogP contribution is 2.07. The number of rotatable bonds is 3. The Morgan fingerprint density at radius 3 is 3.12 bits per heavy atom. The monoisotopic (exact) mass is 219 g/mol. The summed E-state index contributed by atoms with van der Waals surface area (Å²) in [5.74, 6) is 0.281. The molecule has 1 fully saturated rings. The van der Waals surface area contributed by atoms with Crippen molar-refractivity contribution < 1.29 is 4.79 Å². The van der Waals surface area contributed by atoms with Gasteiger partial charge in [-0.05, 0) is 31.5 Å². The molecule has 0 saturated carbocycles. The number of aryl methyl sites for hydroxylation is 1. The van der Waals surface area contributed by atoms with Crippen molar-refractivity contribution in [2.45, 2.75) is 19.9 Å². The lowest BCUT2D eigenvalue weighted by atomic mass is 10.1. The molecule has 0 aromatic carbocycles. The number of aromatic nitrogens is 1. The minimum atomic E-state index is 0.137. The summed E-state index contributed by atoms with van der Waals surface area (Å²) in [6.45, 7) is 4.28. The molecule has 4 nitrogen and oxygen atoms in total. The van der Waals surface area contributed by atoms with Crippen LogP contribution < -0.4 is 10.6 Å². The average molecular weight is 219 g/mol. The minimum absolute atomic E-state index is 0.137. The summed E-state index contributed by atoms with van der Waals surface area (Å²) >= 11 is 0. The van der Waals surface area contributed by atoms with E-state index in [-0.39, 0.29) is 11.8 Å². The number of amides is 1. The van der Waals surface area contributed by atoms with Gasteiger partial charge in [0.05, 0.1) is 5.92 Å². The summed E-state index contributed by atoms with van der Waals surface area (Å²) in [6.07, 6.45) is 2.75. The average Bonchev–Trinajstić information content (AvgIpc) is 2.81. The topological polar surface area (TPSA) is 54.0 Å². The van der Waals surface area contributed by atoms with Gasteiger partial charge in [0.1, 0.15) is 0 Å². The molecule has 86 valence electrons. The second-order valence-electron chi connectivity index (χ2n) is 4.22. The van der Waals surface area contributed by atoms with Crippen molar-refractivity contribution in [3.8, 4) is 0 Å². The highest BCUT2D eigenvalue weighted by molar-refractivity contribution is 5.79. The van der Waals surface area contributed by atoms with Gasteiger partial charge in [-0.2, -0.15) is 0 Å². The van der Waals surface area contributed by atoms with Crippen molar-refractivity contribution in [3.63, 3.8) is 0 Å². The first kappa shape index (κ1) is 11.1. The van der Waals surface area contributed by atoms with Gasteiger partial charge >= 0.3 is 0 Å². The van der Waals surface area contributed by atoms with Crippen LogP contribution in [-0.4, -0.2) is 24.0 Å². The van der Waals surface area contributed by atoms with E-state index in [2.05, 4.69) is 15.6 Å². The molecule has 1 atom stereocenters. The van der Waals surface area contributed by atoms with Gasteiger partial charge in [-0.25, -0.2) is 0 Å². The first-order valence-corrected chi connectivity index (χ1v) is 5.65.